The highest BCUT2D eigenvalue weighted by molar-refractivity contribution is 6.35. The molecule has 1 aliphatic rings. The summed E-state index contributed by atoms with van der Waals surface area (Å²) >= 11 is 12.7. The topological polar surface area (TPSA) is 42.4 Å². The third-order valence-corrected chi connectivity index (χ3v) is 6.40. The van der Waals surface area contributed by atoms with Crippen LogP contribution in [0.4, 0.5) is 13.2 Å². The first-order valence-corrected chi connectivity index (χ1v) is 11.4. The van der Waals surface area contributed by atoms with Crippen molar-refractivity contribution in [1.29, 1.82) is 0 Å². The number of esters is 1. The van der Waals surface area contributed by atoms with E-state index in [-0.39, 0.29) is 10.9 Å². The first kappa shape index (κ1) is 24.5. The summed E-state index contributed by atoms with van der Waals surface area (Å²) in [6.45, 7) is 2.33. The Bertz CT molecular complexity index is 1230. The van der Waals surface area contributed by atoms with Crippen LogP contribution in [0.3, 0.4) is 0 Å². The highest BCUT2D eigenvalue weighted by Gasteiger charge is 2.45. The number of fused-ring (bicyclic) bond motifs is 1. The van der Waals surface area contributed by atoms with E-state index < -0.39 is 18.4 Å². The third-order valence-electron chi connectivity index (χ3n) is 5.87. The van der Waals surface area contributed by atoms with Crippen LogP contribution in [0.1, 0.15) is 41.5 Å². The van der Waals surface area contributed by atoms with Gasteiger partial charge in [-0.15, -0.1) is 0 Å². The standard InChI is InChI=1S/C25H21Cl2F3N2O2/c1-3-18-10-15(7-8-31-18)14-5-4-6-16(9-14)20-13-32(2)23(34-24(33)25(28,29)30)22-19(20)11-17(26)12-21(22)27/h4-12,20,23H,3,13H2,1-2H3/t20-,23?/m0/s1. The fraction of sp³-hybridized carbons (Fsp3) is 0.280. The zero-order chi connectivity index (χ0) is 24.6. The molecule has 2 atom stereocenters. The molecule has 4 nitrogen and oxygen atoms in total. The Labute approximate surface area is 205 Å². The van der Waals surface area contributed by atoms with Gasteiger partial charge < -0.3 is 4.74 Å². The normalized spacial score (nSPS) is 18.4. The lowest BCUT2D eigenvalue weighted by atomic mass is 9.83. The molecular formula is C25H21Cl2F3N2O2. The molecule has 2 heterocycles. The molecule has 4 rings (SSSR count). The van der Waals surface area contributed by atoms with Gasteiger partial charge in [-0.3, -0.25) is 9.88 Å². The van der Waals surface area contributed by atoms with E-state index in [4.69, 9.17) is 27.9 Å². The molecule has 0 N–H and O–H groups in total. The van der Waals surface area contributed by atoms with Crippen molar-refractivity contribution >= 4 is 29.2 Å². The molecule has 1 aromatic heterocycles. The van der Waals surface area contributed by atoms with Crippen molar-refractivity contribution in [3.8, 4) is 11.1 Å². The van der Waals surface area contributed by atoms with E-state index in [1.54, 1.807) is 24.2 Å². The number of nitrogens with zero attached hydrogens (tertiary/aromatic N) is 2. The highest BCUT2D eigenvalue weighted by Crippen LogP contribution is 2.45. The fourth-order valence-corrected chi connectivity index (χ4v) is 4.85. The molecule has 3 aromatic rings. The summed E-state index contributed by atoms with van der Waals surface area (Å²) in [7, 11) is 1.59. The summed E-state index contributed by atoms with van der Waals surface area (Å²) in [6, 6.07) is 15.0. The van der Waals surface area contributed by atoms with E-state index >= 15 is 0 Å². The highest BCUT2D eigenvalue weighted by atomic mass is 35.5. The number of rotatable bonds is 4. The number of hydrogen-bond acceptors (Lipinski definition) is 4. The maximum Gasteiger partial charge on any atom is 0.490 e. The van der Waals surface area contributed by atoms with Crippen molar-refractivity contribution in [3.05, 3.63) is 87.2 Å². The van der Waals surface area contributed by atoms with Crippen molar-refractivity contribution in [2.45, 2.75) is 31.7 Å². The van der Waals surface area contributed by atoms with Gasteiger partial charge in [-0.1, -0.05) is 54.4 Å². The van der Waals surface area contributed by atoms with E-state index in [0.29, 0.717) is 22.7 Å². The van der Waals surface area contributed by atoms with E-state index in [1.165, 1.54) is 6.07 Å². The average molecular weight is 509 g/mol. The van der Waals surface area contributed by atoms with Gasteiger partial charge in [-0.25, -0.2) is 4.79 Å². The molecule has 0 bridgehead atoms. The lowest BCUT2D eigenvalue weighted by Gasteiger charge is -2.39. The van der Waals surface area contributed by atoms with E-state index in [0.717, 1.165) is 28.8 Å². The zero-order valence-electron chi connectivity index (χ0n) is 18.4. The van der Waals surface area contributed by atoms with Gasteiger partial charge in [-0.05, 0) is 60.0 Å². The van der Waals surface area contributed by atoms with Crippen LogP contribution in [-0.4, -0.2) is 35.6 Å². The van der Waals surface area contributed by atoms with Crippen LogP contribution in [0.25, 0.3) is 11.1 Å². The number of carbonyl (C=O) groups excluding carboxylic acids is 1. The van der Waals surface area contributed by atoms with Gasteiger partial charge >= 0.3 is 12.1 Å². The first-order chi connectivity index (χ1) is 16.1. The SMILES string of the molecule is CCc1cc(-c2cccc([C@@H]3CN(C)C(OC(=O)C(F)(F)F)c4c(Cl)cc(Cl)cc43)c2)ccn1. The molecule has 0 saturated heterocycles. The summed E-state index contributed by atoms with van der Waals surface area (Å²) in [5, 5.41) is 0.481. The van der Waals surface area contributed by atoms with E-state index in [2.05, 4.69) is 4.98 Å². The number of ether oxygens (including phenoxy) is 1. The second-order valence-corrected chi connectivity index (χ2v) is 9.00. The Balaban J connectivity index is 1.78. The number of hydrogen-bond donors (Lipinski definition) is 0. The van der Waals surface area contributed by atoms with E-state index in [9.17, 15) is 18.0 Å². The van der Waals surface area contributed by atoms with Crippen LogP contribution in [0.15, 0.2) is 54.7 Å². The van der Waals surface area contributed by atoms with Crippen LogP contribution < -0.4 is 0 Å². The molecule has 0 fully saturated rings. The Morgan fingerprint density at radius 3 is 2.59 bits per heavy atom. The molecule has 9 heteroatoms. The van der Waals surface area contributed by atoms with Crippen molar-refractivity contribution < 1.29 is 22.7 Å². The first-order valence-electron chi connectivity index (χ1n) is 10.6. The smallest absolute Gasteiger partial charge is 0.435 e. The molecule has 2 aromatic carbocycles. The number of halogens is 5. The summed E-state index contributed by atoms with van der Waals surface area (Å²) in [5.74, 6) is -2.53. The number of likely N-dealkylation sites (N-methyl/N-ethyl adjacent to an activating group) is 1. The minimum absolute atomic E-state index is 0.136. The lowest BCUT2D eigenvalue weighted by molar-refractivity contribution is -0.213. The Kier molecular flexibility index (Phi) is 6.90. The molecule has 34 heavy (non-hydrogen) atoms. The molecule has 1 unspecified atom stereocenters. The van der Waals surface area contributed by atoms with Gasteiger partial charge in [0.05, 0.1) is 5.02 Å². The van der Waals surface area contributed by atoms with Crippen LogP contribution in [0.5, 0.6) is 0 Å². The van der Waals surface area contributed by atoms with Crippen molar-refractivity contribution in [2.75, 3.05) is 13.6 Å². The van der Waals surface area contributed by atoms with Crippen molar-refractivity contribution in [3.63, 3.8) is 0 Å². The third kappa shape index (κ3) is 4.92. The predicted octanol–water partition coefficient (Wildman–Crippen LogP) is 6.80. The Hall–Kier alpha value is -2.61. The minimum atomic E-state index is -5.12. The summed E-state index contributed by atoms with van der Waals surface area (Å²) in [6.07, 6.45) is -3.83. The van der Waals surface area contributed by atoms with Gasteiger partial charge in [0.15, 0.2) is 6.23 Å². The maximum absolute atomic E-state index is 12.9. The van der Waals surface area contributed by atoms with Gasteiger partial charge in [0, 0.05) is 34.9 Å². The summed E-state index contributed by atoms with van der Waals surface area (Å²) < 4.78 is 43.6. The molecule has 178 valence electrons. The number of benzene rings is 2. The quantitative estimate of drug-likeness (QED) is 0.363. The maximum atomic E-state index is 12.9. The van der Waals surface area contributed by atoms with Gasteiger partial charge in [0.1, 0.15) is 0 Å². The van der Waals surface area contributed by atoms with Crippen LogP contribution >= 0.6 is 23.2 Å². The number of alkyl halides is 3. The average Bonchev–Trinajstić information content (AvgIpc) is 2.80. The number of aryl methyl sites for hydroxylation is 1. The number of aromatic nitrogens is 1. The second-order valence-electron chi connectivity index (χ2n) is 8.15. The van der Waals surface area contributed by atoms with Crippen LogP contribution in [0, 0.1) is 0 Å². The monoisotopic (exact) mass is 508 g/mol. The van der Waals surface area contributed by atoms with E-state index in [1.807, 2.05) is 43.3 Å². The predicted molar refractivity (Wildman–Crippen MR) is 125 cm³/mol. The minimum Gasteiger partial charge on any atom is -0.435 e. The summed E-state index contributed by atoms with van der Waals surface area (Å²) in [5.41, 5.74) is 4.82. The van der Waals surface area contributed by atoms with Gasteiger partial charge in [0.2, 0.25) is 0 Å². The molecule has 1 aliphatic heterocycles. The molecular weight excluding hydrogens is 488 g/mol. The number of carbonyl (C=O) groups is 1. The van der Waals surface area contributed by atoms with Crippen LogP contribution in [0.2, 0.25) is 10.0 Å². The largest absolute Gasteiger partial charge is 0.490 e. The Morgan fingerprint density at radius 1 is 1.15 bits per heavy atom. The zero-order valence-corrected chi connectivity index (χ0v) is 19.9. The molecule has 0 aliphatic carbocycles. The second kappa shape index (κ2) is 9.56. The van der Waals surface area contributed by atoms with Crippen molar-refractivity contribution in [1.82, 2.24) is 9.88 Å². The lowest BCUT2D eigenvalue weighted by Crippen LogP contribution is -2.40. The molecule has 0 saturated carbocycles. The molecule has 0 amide bonds. The van der Waals surface area contributed by atoms with Crippen LogP contribution in [-0.2, 0) is 16.0 Å². The number of pyridine rings is 1. The van der Waals surface area contributed by atoms with Gasteiger partial charge in [-0.2, -0.15) is 13.2 Å². The van der Waals surface area contributed by atoms with Gasteiger partial charge in [0.25, 0.3) is 0 Å². The molecule has 0 spiro atoms. The molecule has 0 radical (unpaired) electrons. The summed E-state index contributed by atoms with van der Waals surface area (Å²) in [4.78, 5) is 17.5. The fourth-order valence-electron chi connectivity index (χ4n) is 4.24. The Morgan fingerprint density at radius 2 is 1.88 bits per heavy atom. The van der Waals surface area contributed by atoms with Crippen molar-refractivity contribution in [2.24, 2.45) is 0 Å².